The van der Waals surface area contributed by atoms with Crippen molar-refractivity contribution in [2.24, 2.45) is 35.0 Å². The predicted octanol–water partition coefficient (Wildman–Crippen LogP) is 6.27. The maximum atomic E-state index is 12.9. The fourth-order valence-corrected chi connectivity index (χ4v) is 12.2. The summed E-state index contributed by atoms with van der Waals surface area (Å²) in [4.78, 5) is 2.56. The van der Waals surface area contributed by atoms with E-state index in [1.807, 2.05) is 30.3 Å². The van der Waals surface area contributed by atoms with Gasteiger partial charge in [0, 0.05) is 31.6 Å². The zero-order valence-corrected chi connectivity index (χ0v) is 28.8. The van der Waals surface area contributed by atoms with E-state index in [2.05, 4.69) is 43.4 Å². The second-order valence-corrected chi connectivity index (χ2v) is 18.1. The van der Waals surface area contributed by atoms with Crippen LogP contribution in [0, 0.1) is 35.0 Å². The van der Waals surface area contributed by atoms with Gasteiger partial charge in [-0.3, -0.25) is 4.90 Å². The maximum absolute atomic E-state index is 12.9. The lowest BCUT2D eigenvalue weighted by molar-refractivity contribution is -0.0791. The number of piperidine rings is 1. The summed E-state index contributed by atoms with van der Waals surface area (Å²) in [5, 5.41) is 10.4. The van der Waals surface area contributed by atoms with Crippen molar-refractivity contribution in [3.63, 3.8) is 0 Å². The van der Waals surface area contributed by atoms with Gasteiger partial charge in [-0.15, -0.1) is 0 Å². The summed E-state index contributed by atoms with van der Waals surface area (Å²) in [5.41, 5.74) is 6.05. The van der Waals surface area contributed by atoms with Gasteiger partial charge in [0.05, 0.1) is 23.6 Å². The highest BCUT2D eigenvalue weighted by Gasteiger charge is 2.59. The van der Waals surface area contributed by atoms with Crippen molar-refractivity contribution in [1.29, 1.82) is 0 Å². The number of aliphatic hydroxyl groups excluding tert-OH is 1. The number of nitrogens with zero attached hydrogens (tertiary/aromatic N) is 1. The van der Waals surface area contributed by atoms with Crippen LogP contribution >= 0.6 is 0 Å². The van der Waals surface area contributed by atoms with Crippen molar-refractivity contribution >= 4 is 10.0 Å². The number of ether oxygens (including phenoxy) is 1. The number of allylic oxidation sites excluding steroid dienone is 2. The molecule has 6 nitrogen and oxygen atoms in total. The highest BCUT2D eigenvalue weighted by molar-refractivity contribution is 7.89. The Labute approximate surface area is 272 Å². The highest BCUT2D eigenvalue weighted by Crippen LogP contribution is 2.63. The zero-order chi connectivity index (χ0) is 31.6. The van der Waals surface area contributed by atoms with E-state index in [-0.39, 0.29) is 29.0 Å². The maximum Gasteiger partial charge on any atom is 0.211 e. The third-order valence-corrected chi connectivity index (χ3v) is 14.9. The first kappa shape index (κ1) is 32.1. The Hall–Kier alpha value is -1.51. The molecule has 0 bridgehead atoms. The molecular formula is C38H56N2O4S. The summed E-state index contributed by atoms with van der Waals surface area (Å²) in [6.07, 6.45) is 13.0. The van der Waals surface area contributed by atoms with E-state index in [0.29, 0.717) is 42.7 Å². The second-order valence-electron chi connectivity index (χ2n) is 16.2. The molecule has 0 aromatic heterocycles. The molecule has 2 N–H and O–H groups in total. The topological polar surface area (TPSA) is 78.9 Å². The van der Waals surface area contributed by atoms with Crippen molar-refractivity contribution in [3.05, 3.63) is 58.7 Å². The normalized spacial score (nSPS) is 41.7. The summed E-state index contributed by atoms with van der Waals surface area (Å²) in [7, 11) is -3.33. The molecule has 1 aromatic rings. The van der Waals surface area contributed by atoms with Crippen LogP contribution in [0.3, 0.4) is 0 Å². The molecule has 1 aromatic carbocycles. The summed E-state index contributed by atoms with van der Waals surface area (Å²) in [6, 6.07) is 10.2. The highest BCUT2D eigenvalue weighted by atomic mass is 32.2. The van der Waals surface area contributed by atoms with E-state index in [1.54, 1.807) is 16.7 Å². The third kappa shape index (κ3) is 5.92. The van der Waals surface area contributed by atoms with Crippen LogP contribution in [0.25, 0.3) is 0 Å². The summed E-state index contributed by atoms with van der Waals surface area (Å²) in [5.74, 6) is 3.16. The van der Waals surface area contributed by atoms with Crippen molar-refractivity contribution in [2.45, 2.75) is 116 Å². The van der Waals surface area contributed by atoms with Crippen LogP contribution in [-0.2, 0) is 21.2 Å². The Balaban J connectivity index is 1.03. The standard InChI is InChI=1S/C38H56N2O4S/c1-25-20-35-36(40(24-25)18-17-39-45(42,43)19-14-28-8-6-5-7-9-28)27(3)38(44-35)16-13-31-32-11-10-29-21-30(41)12-15-37(29,4)34(32)22-33(31)26(2)23-38/h5-10,25,27,30-32,34-36,39,41H,11-24H2,1-4H3/t25-,27+,30-,31-,32?,34-,35+,36-,37-,38-/m0/s1. The smallest absolute Gasteiger partial charge is 0.211 e. The van der Waals surface area contributed by atoms with Crippen molar-refractivity contribution in [3.8, 4) is 0 Å². The molecule has 1 unspecified atom stereocenters. The largest absolute Gasteiger partial charge is 0.393 e. The number of nitrogens with one attached hydrogen (secondary N) is 1. The molecule has 45 heavy (non-hydrogen) atoms. The number of rotatable bonds is 7. The van der Waals surface area contributed by atoms with Gasteiger partial charge in [-0.25, -0.2) is 13.1 Å². The average molecular weight is 637 g/mol. The third-order valence-electron chi connectivity index (χ3n) is 13.5. The lowest BCUT2D eigenvalue weighted by Gasteiger charge is -2.49. The molecule has 0 amide bonds. The van der Waals surface area contributed by atoms with Gasteiger partial charge >= 0.3 is 0 Å². The minimum atomic E-state index is -3.33. The van der Waals surface area contributed by atoms with Gasteiger partial charge in [0.2, 0.25) is 10.0 Å². The van der Waals surface area contributed by atoms with Gasteiger partial charge < -0.3 is 9.84 Å². The van der Waals surface area contributed by atoms with Crippen LogP contribution in [0.2, 0.25) is 0 Å². The van der Waals surface area contributed by atoms with E-state index >= 15 is 0 Å². The van der Waals surface area contributed by atoms with E-state index in [0.717, 1.165) is 63.1 Å². The number of benzene rings is 1. The van der Waals surface area contributed by atoms with Crippen molar-refractivity contribution in [2.75, 3.05) is 25.4 Å². The zero-order valence-electron chi connectivity index (χ0n) is 28.0. The first-order chi connectivity index (χ1) is 21.5. The number of aliphatic hydroxyl groups is 1. The van der Waals surface area contributed by atoms with Crippen LogP contribution < -0.4 is 4.72 Å². The van der Waals surface area contributed by atoms with Gasteiger partial charge in [-0.1, -0.05) is 73.9 Å². The SMILES string of the molecule is CC1=C2C[C@H]3C(CC=C4C[C@@H](O)CC[C@@]43C)[C@@H]2CC[C@@]2(C1)O[C@@H]1C[C@H](C)CN(CCNS(=O)(=O)CCc3ccccc3)[C@H]1[C@H]2C. The molecule has 7 rings (SSSR count). The molecule has 10 atom stereocenters. The van der Waals surface area contributed by atoms with Gasteiger partial charge in [-0.2, -0.15) is 0 Å². The molecule has 248 valence electrons. The van der Waals surface area contributed by atoms with Crippen LogP contribution in [-0.4, -0.2) is 67.7 Å². The number of fused-ring (bicyclic) bond motifs is 6. The number of likely N-dealkylation sites (tertiary alicyclic amines) is 1. The lowest BCUT2D eigenvalue weighted by Crippen LogP contribution is -2.53. The van der Waals surface area contributed by atoms with Crippen LogP contribution in [0.1, 0.15) is 91.0 Å². The van der Waals surface area contributed by atoms with Crippen molar-refractivity contribution in [1.82, 2.24) is 9.62 Å². The Morgan fingerprint density at radius 3 is 2.71 bits per heavy atom. The Kier molecular flexibility index (Phi) is 8.68. The molecule has 2 aliphatic heterocycles. The van der Waals surface area contributed by atoms with Crippen LogP contribution in [0.4, 0.5) is 0 Å². The van der Waals surface area contributed by atoms with E-state index < -0.39 is 10.0 Å². The fourth-order valence-electron chi connectivity index (χ4n) is 11.2. The van der Waals surface area contributed by atoms with Gasteiger partial charge in [-0.05, 0) is 106 Å². The summed E-state index contributed by atoms with van der Waals surface area (Å²) in [6.45, 7) is 11.9. The first-order valence-electron chi connectivity index (χ1n) is 18.0. The Bertz CT molecular complexity index is 1420. The molecule has 0 radical (unpaired) electrons. The molecule has 6 aliphatic rings. The summed E-state index contributed by atoms with van der Waals surface area (Å²) < 4.78 is 35.9. The molecule has 1 spiro atoms. The van der Waals surface area contributed by atoms with Gasteiger partial charge in [0.1, 0.15) is 0 Å². The Morgan fingerprint density at radius 1 is 1.11 bits per heavy atom. The second kappa shape index (κ2) is 12.2. The van der Waals surface area contributed by atoms with E-state index in [9.17, 15) is 13.5 Å². The fraction of sp³-hybridized carbons (Fsp3) is 0.737. The van der Waals surface area contributed by atoms with Gasteiger partial charge in [0.25, 0.3) is 0 Å². The molecule has 2 saturated heterocycles. The quantitative estimate of drug-likeness (QED) is 0.345. The Morgan fingerprint density at radius 2 is 1.91 bits per heavy atom. The van der Waals surface area contributed by atoms with Crippen LogP contribution in [0.5, 0.6) is 0 Å². The average Bonchev–Trinajstić information content (AvgIpc) is 3.47. The van der Waals surface area contributed by atoms with Gasteiger partial charge in [0.15, 0.2) is 0 Å². The van der Waals surface area contributed by atoms with E-state index in [4.69, 9.17) is 4.74 Å². The van der Waals surface area contributed by atoms with E-state index in [1.165, 1.54) is 19.3 Å². The number of aryl methyl sites for hydroxylation is 1. The predicted molar refractivity (Wildman–Crippen MR) is 180 cm³/mol. The minimum Gasteiger partial charge on any atom is -0.393 e. The monoisotopic (exact) mass is 636 g/mol. The molecule has 2 saturated carbocycles. The molecule has 7 heteroatoms. The molecule has 4 aliphatic carbocycles. The van der Waals surface area contributed by atoms with Crippen molar-refractivity contribution < 1.29 is 18.3 Å². The molecule has 2 heterocycles. The number of hydrogen-bond donors (Lipinski definition) is 2. The summed E-state index contributed by atoms with van der Waals surface area (Å²) >= 11 is 0. The molecular weight excluding hydrogens is 580 g/mol. The lowest BCUT2D eigenvalue weighted by atomic mass is 9.56. The number of sulfonamides is 1. The molecule has 4 fully saturated rings. The number of hydrogen-bond acceptors (Lipinski definition) is 5. The van der Waals surface area contributed by atoms with Crippen LogP contribution in [0.15, 0.2) is 53.1 Å². The minimum absolute atomic E-state index is 0.122. The first-order valence-corrected chi connectivity index (χ1v) is 19.6.